The number of fused-ring (bicyclic) bond motifs is 1. The second kappa shape index (κ2) is 8.36. The van der Waals surface area contributed by atoms with E-state index in [9.17, 15) is 4.39 Å². The van der Waals surface area contributed by atoms with E-state index < -0.39 is 0 Å². The average Bonchev–Trinajstić information content (AvgIpc) is 3.41. The number of hydrogen-bond donors (Lipinski definition) is 0. The van der Waals surface area contributed by atoms with Crippen LogP contribution < -0.4 is 4.90 Å². The zero-order chi connectivity index (χ0) is 20.3. The van der Waals surface area contributed by atoms with Crippen molar-refractivity contribution in [3.8, 4) is 0 Å². The summed E-state index contributed by atoms with van der Waals surface area (Å²) in [6, 6.07) is 17.4. The minimum absolute atomic E-state index is 0.196. The average molecular weight is 420 g/mol. The molecule has 0 amide bonds. The first-order chi connectivity index (χ1) is 14.8. The fraction of sp³-hybridized carbons (Fsp3) is 0.261. The highest BCUT2D eigenvalue weighted by Crippen LogP contribution is 2.28. The first-order valence-electron chi connectivity index (χ1n) is 10.1. The zero-order valence-electron chi connectivity index (χ0n) is 16.5. The number of aryl methyl sites for hydroxylation is 2. The van der Waals surface area contributed by atoms with Gasteiger partial charge in [0.05, 0.1) is 18.6 Å². The smallest absolute Gasteiger partial charge is 0.208 e. The molecular formula is C23H22FN5S. The molecule has 0 bridgehead atoms. The van der Waals surface area contributed by atoms with Gasteiger partial charge in [0, 0.05) is 31.6 Å². The molecule has 5 rings (SSSR count). The van der Waals surface area contributed by atoms with Crippen LogP contribution in [0.15, 0.2) is 60.9 Å². The van der Waals surface area contributed by atoms with Gasteiger partial charge in [0.1, 0.15) is 10.8 Å². The van der Waals surface area contributed by atoms with Crippen LogP contribution in [0.5, 0.6) is 0 Å². The second-order valence-electron chi connectivity index (χ2n) is 7.49. The number of hydrogen-bond acceptors (Lipinski definition) is 5. The molecule has 152 valence electrons. The Labute approximate surface area is 178 Å². The molecule has 0 saturated carbocycles. The maximum absolute atomic E-state index is 13.9. The Morgan fingerprint density at radius 1 is 1.00 bits per heavy atom. The zero-order valence-corrected chi connectivity index (χ0v) is 17.4. The number of halogens is 1. The van der Waals surface area contributed by atoms with Gasteiger partial charge in [0.15, 0.2) is 0 Å². The van der Waals surface area contributed by atoms with Crippen molar-refractivity contribution in [2.24, 2.45) is 0 Å². The lowest BCUT2D eigenvalue weighted by molar-refractivity contribution is 0.613. The topological polar surface area (TPSA) is 46.8 Å². The van der Waals surface area contributed by atoms with Gasteiger partial charge in [0.25, 0.3) is 0 Å². The Morgan fingerprint density at radius 2 is 1.83 bits per heavy atom. The third kappa shape index (κ3) is 3.98. The predicted octanol–water partition coefficient (Wildman–Crippen LogP) is 4.27. The largest absolute Gasteiger partial charge is 0.340 e. The molecule has 30 heavy (non-hydrogen) atoms. The normalized spacial score (nSPS) is 13.4. The third-order valence-corrected chi connectivity index (χ3v) is 6.49. The van der Waals surface area contributed by atoms with Crippen LogP contribution in [-0.4, -0.2) is 26.3 Å². The number of benzene rings is 2. The third-order valence-electron chi connectivity index (χ3n) is 5.50. The highest BCUT2D eigenvalue weighted by Gasteiger charge is 2.23. The molecule has 7 heteroatoms. The van der Waals surface area contributed by atoms with Crippen LogP contribution in [0.25, 0.3) is 0 Å². The van der Waals surface area contributed by atoms with Gasteiger partial charge in [-0.1, -0.05) is 59.9 Å². The van der Waals surface area contributed by atoms with Gasteiger partial charge >= 0.3 is 0 Å². The molecule has 5 nitrogen and oxygen atoms in total. The summed E-state index contributed by atoms with van der Waals surface area (Å²) >= 11 is 1.53. The monoisotopic (exact) mass is 419 g/mol. The molecule has 4 aromatic rings. The summed E-state index contributed by atoms with van der Waals surface area (Å²) in [7, 11) is 0. The molecule has 0 spiro atoms. The molecule has 0 fully saturated rings. The lowest BCUT2D eigenvalue weighted by Gasteiger charge is -2.26. The molecule has 2 aromatic carbocycles. The van der Waals surface area contributed by atoms with Gasteiger partial charge in [-0.05, 0) is 23.6 Å². The Kier molecular flexibility index (Phi) is 5.27. The highest BCUT2D eigenvalue weighted by molar-refractivity contribution is 7.15. The molecule has 2 aromatic heterocycles. The van der Waals surface area contributed by atoms with E-state index in [1.807, 2.05) is 18.5 Å². The quantitative estimate of drug-likeness (QED) is 0.468. The predicted molar refractivity (Wildman–Crippen MR) is 116 cm³/mol. The van der Waals surface area contributed by atoms with Crippen LogP contribution in [0.1, 0.15) is 27.5 Å². The lowest BCUT2D eigenvalue weighted by atomic mass is 10.1. The van der Waals surface area contributed by atoms with Crippen molar-refractivity contribution in [3.63, 3.8) is 0 Å². The van der Waals surface area contributed by atoms with Crippen molar-refractivity contribution in [1.82, 2.24) is 19.7 Å². The minimum Gasteiger partial charge on any atom is -0.340 e. The maximum Gasteiger partial charge on any atom is 0.208 e. The van der Waals surface area contributed by atoms with Gasteiger partial charge < -0.3 is 9.47 Å². The van der Waals surface area contributed by atoms with Crippen molar-refractivity contribution >= 4 is 16.5 Å². The number of anilines is 1. The van der Waals surface area contributed by atoms with Crippen molar-refractivity contribution in [3.05, 3.63) is 94.3 Å². The SMILES string of the molecule is Fc1ccccc1Cc1nnc(N2CCc3c(ncn3CCc3ccccc3)C2)s1. The molecule has 0 unspecified atom stereocenters. The highest BCUT2D eigenvalue weighted by atomic mass is 32.1. The number of aromatic nitrogens is 4. The molecular weight excluding hydrogens is 397 g/mol. The van der Waals surface area contributed by atoms with Crippen LogP contribution in [0, 0.1) is 5.82 Å². The van der Waals surface area contributed by atoms with E-state index in [4.69, 9.17) is 0 Å². The summed E-state index contributed by atoms with van der Waals surface area (Å²) in [6.45, 7) is 2.57. The molecule has 1 aliphatic heterocycles. The van der Waals surface area contributed by atoms with Crippen LogP contribution in [0.2, 0.25) is 0 Å². The molecule has 0 radical (unpaired) electrons. The van der Waals surface area contributed by atoms with E-state index in [-0.39, 0.29) is 5.82 Å². The minimum atomic E-state index is -0.196. The first-order valence-corrected chi connectivity index (χ1v) is 11.0. The van der Waals surface area contributed by atoms with Gasteiger partial charge in [-0.15, -0.1) is 10.2 Å². The number of nitrogens with zero attached hydrogens (tertiary/aromatic N) is 5. The van der Waals surface area contributed by atoms with Gasteiger partial charge in [-0.3, -0.25) is 0 Å². The van der Waals surface area contributed by atoms with Gasteiger partial charge in [-0.2, -0.15) is 0 Å². The molecule has 0 saturated heterocycles. The summed E-state index contributed by atoms with van der Waals surface area (Å²) in [5.74, 6) is -0.196. The summed E-state index contributed by atoms with van der Waals surface area (Å²) in [6.07, 6.45) is 4.37. The van der Waals surface area contributed by atoms with E-state index in [0.29, 0.717) is 12.0 Å². The van der Waals surface area contributed by atoms with Crippen LogP contribution in [-0.2, 0) is 32.4 Å². The fourth-order valence-corrected chi connectivity index (χ4v) is 4.76. The Bertz CT molecular complexity index is 1140. The van der Waals surface area contributed by atoms with Crippen LogP contribution in [0.3, 0.4) is 0 Å². The van der Waals surface area contributed by atoms with E-state index in [2.05, 4.69) is 48.9 Å². The van der Waals surface area contributed by atoms with Gasteiger partial charge in [-0.25, -0.2) is 9.37 Å². The van der Waals surface area contributed by atoms with E-state index in [1.54, 1.807) is 12.1 Å². The first kappa shape index (κ1) is 18.9. The molecule has 0 N–H and O–H groups in total. The summed E-state index contributed by atoms with van der Waals surface area (Å²) in [5, 5.41) is 10.4. The number of rotatable bonds is 6. The van der Waals surface area contributed by atoms with Crippen molar-refractivity contribution in [1.29, 1.82) is 0 Å². The van der Waals surface area contributed by atoms with Crippen molar-refractivity contribution in [2.45, 2.75) is 32.4 Å². The standard InChI is InChI=1S/C23H22FN5S/c24-19-9-5-4-8-18(19)14-22-26-27-23(30-22)28-13-11-21-20(15-28)25-16-29(21)12-10-17-6-2-1-3-7-17/h1-9,16H,10-15H2. The molecule has 1 aliphatic rings. The van der Waals surface area contributed by atoms with Crippen molar-refractivity contribution < 1.29 is 4.39 Å². The van der Waals surface area contributed by atoms with Crippen molar-refractivity contribution in [2.75, 3.05) is 11.4 Å². The van der Waals surface area contributed by atoms with Crippen LogP contribution in [0.4, 0.5) is 9.52 Å². The van der Waals surface area contributed by atoms with E-state index in [0.717, 1.165) is 48.3 Å². The van der Waals surface area contributed by atoms with E-state index >= 15 is 0 Å². The molecule has 0 atom stereocenters. The fourth-order valence-electron chi connectivity index (χ4n) is 3.87. The lowest BCUT2D eigenvalue weighted by Crippen LogP contribution is -2.31. The summed E-state index contributed by atoms with van der Waals surface area (Å²) in [4.78, 5) is 6.88. The second-order valence-corrected chi connectivity index (χ2v) is 8.53. The van der Waals surface area contributed by atoms with E-state index in [1.165, 1.54) is 28.7 Å². The maximum atomic E-state index is 13.9. The van der Waals surface area contributed by atoms with Gasteiger partial charge in [0.2, 0.25) is 5.13 Å². The summed E-state index contributed by atoms with van der Waals surface area (Å²) in [5.41, 5.74) is 4.42. The Hall–Kier alpha value is -3.06. The Morgan fingerprint density at radius 3 is 2.70 bits per heavy atom. The Balaban J connectivity index is 1.25. The summed E-state index contributed by atoms with van der Waals surface area (Å²) < 4.78 is 16.2. The molecule has 3 heterocycles. The molecule has 0 aliphatic carbocycles. The number of imidazole rings is 1. The van der Waals surface area contributed by atoms with Crippen LogP contribution >= 0.6 is 11.3 Å².